The third-order valence-electron chi connectivity index (χ3n) is 1.97. The molecule has 0 saturated heterocycles. The largest absolute Gasteiger partial charge is 0.374 e. The van der Waals surface area contributed by atoms with Crippen molar-refractivity contribution < 1.29 is 0 Å². The van der Waals surface area contributed by atoms with Crippen LogP contribution in [0.2, 0.25) is 0 Å². The highest BCUT2D eigenvalue weighted by Crippen LogP contribution is 2.25. The summed E-state index contributed by atoms with van der Waals surface area (Å²) in [4.78, 5) is 0. The van der Waals surface area contributed by atoms with E-state index in [-0.39, 0.29) is 0 Å². The third kappa shape index (κ3) is 3.46. The van der Waals surface area contributed by atoms with Crippen LogP contribution >= 0.6 is 23.3 Å². The van der Waals surface area contributed by atoms with Crippen molar-refractivity contribution in [2.45, 2.75) is 38.2 Å². The summed E-state index contributed by atoms with van der Waals surface area (Å²) in [5.74, 6) is 0.966. The minimum Gasteiger partial charge on any atom is -0.374 e. The van der Waals surface area contributed by atoms with Crippen LogP contribution in [0.1, 0.15) is 32.9 Å². The topological polar surface area (TPSA) is 37.8 Å². The molecule has 0 aromatic carbocycles. The van der Waals surface area contributed by atoms with Crippen LogP contribution in [-0.4, -0.2) is 21.4 Å². The summed E-state index contributed by atoms with van der Waals surface area (Å²) >= 11 is 3.39. The lowest BCUT2D eigenvalue weighted by atomic mass is 10.4. The first-order chi connectivity index (χ1) is 6.77. The van der Waals surface area contributed by atoms with Crippen molar-refractivity contribution in [3.05, 3.63) is 5.69 Å². The summed E-state index contributed by atoms with van der Waals surface area (Å²) in [6.07, 6.45) is 1.21. The molecule has 1 atom stereocenters. The van der Waals surface area contributed by atoms with Crippen molar-refractivity contribution in [3.8, 4) is 0 Å². The van der Waals surface area contributed by atoms with Crippen molar-refractivity contribution in [2.75, 3.05) is 11.9 Å². The summed E-state index contributed by atoms with van der Waals surface area (Å²) in [7, 11) is 0. The number of aromatic nitrogens is 2. The summed E-state index contributed by atoms with van der Waals surface area (Å²) in [6, 6.07) is 0. The lowest BCUT2D eigenvalue weighted by Gasteiger charge is -2.07. The fourth-order valence-electron chi connectivity index (χ4n) is 0.937. The maximum Gasteiger partial charge on any atom is 0.134 e. The molecular formula is C9H17N3S2. The number of hydrogen-bond donors (Lipinski definition) is 1. The minimum absolute atomic E-state index is 0.700. The Morgan fingerprint density at radius 3 is 2.93 bits per heavy atom. The molecule has 1 rings (SSSR count). The SMILES string of the molecule is CCNc1snnc1CSC(C)CC. The smallest absolute Gasteiger partial charge is 0.134 e. The Hall–Kier alpha value is -0.290. The van der Waals surface area contributed by atoms with Crippen LogP contribution in [0.3, 0.4) is 0 Å². The second-order valence-corrected chi connectivity index (χ2v) is 5.29. The predicted molar refractivity (Wildman–Crippen MR) is 65.1 cm³/mol. The molecule has 14 heavy (non-hydrogen) atoms. The van der Waals surface area contributed by atoms with Gasteiger partial charge in [0.15, 0.2) is 0 Å². The van der Waals surface area contributed by atoms with Crippen molar-refractivity contribution in [3.63, 3.8) is 0 Å². The van der Waals surface area contributed by atoms with Crippen LogP contribution in [0, 0.1) is 0 Å². The molecule has 1 unspecified atom stereocenters. The van der Waals surface area contributed by atoms with Crippen molar-refractivity contribution >= 4 is 28.3 Å². The quantitative estimate of drug-likeness (QED) is 0.816. The van der Waals surface area contributed by atoms with Gasteiger partial charge in [-0.1, -0.05) is 18.3 Å². The van der Waals surface area contributed by atoms with Crippen LogP contribution in [0.5, 0.6) is 0 Å². The molecule has 1 aromatic heterocycles. The molecule has 3 nitrogen and oxygen atoms in total. The van der Waals surface area contributed by atoms with Crippen molar-refractivity contribution in [1.29, 1.82) is 0 Å². The van der Waals surface area contributed by atoms with Gasteiger partial charge in [0.2, 0.25) is 0 Å². The highest BCUT2D eigenvalue weighted by Gasteiger charge is 2.08. The summed E-state index contributed by atoms with van der Waals surface area (Å²) in [6.45, 7) is 7.48. The van der Waals surface area contributed by atoms with Gasteiger partial charge in [-0.05, 0) is 13.3 Å². The minimum atomic E-state index is 0.700. The van der Waals surface area contributed by atoms with E-state index in [4.69, 9.17) is 0 Å². The van der Waals surface area contributed by atoms with Crippen LogP contribution in [0.25, 0.3) is 0 Å². The number of anilines is 1. The zero-order valence-corrected chi connectivity index (χ0v) is 10.5. The zero-order valence-electron chi connectivity index (χ0n) is 8.91. The number of rotatable bonds is 6. The Morgan fingerprint density at radius 1 is 1.50 bits per heavy atom. The van der Waals surface area contributed by atoms with Gasteiger partial charge in [-0.3, -0.25) is 0 Å². The standard InChI is InChI=1S/C9H17N3S2/c1-4-7(3)13-6-8-9(10-5-2)14-12-11-8/h7,10H,4-6H2,1-3H3. The molecule has 1 N–H and O–H groups in total. The first-order valence-electron chi connectivity index (χ1n) is 4.94. The summed E-state index contributed by atoms with van der Waals surface area (Å²) in [5.41, 5.74) is 1.10. The van der Waals surface area contributed by atoms with Crippen LogP contribution < -0.4 is 5.32 Å². The average Bonchev–Trinajstić information content (AvgIpc) is 2.62. The number of hydrogen-bond acceptors (Lipinski definition) is 5. The Balaban J connectivity index is 2.45. The van der Waals surface area contributed by atoms with Gasteiger partial charge in [0, 0.05) is 29.1 Å². The second kappa shape index (κ2) is 6.24. The molecule has 0 amide bonds. The van der Waals surface area contributed by atoms with Gasteiger partial charge < -0.3 is 5.32 Å². The maximum absolute atomic E-state index is 4.13. The second-order valence-electron chi connectivity index (χ2n) is 3.11. The molecule has 5 heteroatoms. The molecule has 1 heterocycles. The molecule has 0 fully saturated rings. The van der Waals surface area contributed by atoms with Gasteiger partial charge >= 0.3 is 0 Å². The van der Waals surface area contributed by atoms with Gasteiger partial charge in [-0.2, -0.15) is 11.8 Å². The lowest BCUT2D eigenvalue weighted by molar-refractivity contribution is 0.903. The number of nitrogens with zero attached hydrogens (tertiary/aromatic N) is 2. The Labute approximate surface area is 93.8 Å². The summed E-state index contributed by atoms with van der Waals surface area (Å²) in [5, 5.41) is 9.23. The molecule has 0 aliphatic carbocycles. The van der Waals surface area contributed by atoms with Gasteiger partial charge in [-0.25, -0.2) is 0 Å². The lowest BCUT2D eigenvalue weighted by Crippen LogP contribution is -1.99. The summed E-state index contributed by atoms with van der Waals surface area (Å²) < 4.78 is 3.96. The van der Waals surface area contributed by atoms with E-state index in [0.29, 0.717) is 5.25 Å². The van der Waals surface area contributed by atoms with E-state index in [2.05, 4.69) is 35.7 Å². The van der Waals surface area contributed by atoms with Crippen molar-refractivity contribution in [2.24, 2.45) is 0 Å². The van der Waals surface area contributed by atoms with Gasteiger partial charge in [0.1, 0.15) is 10.7 Å². The van der Waals surface area contributed by atoms with E-state index < -0.39 is 0 Å². The van der Waals surface area contributed by atoms with E-state index in [0.717, 1.165) is 23.0 Å². The Kier molecular flexibility index (Phi) is 5.25. The third-order valence-corrected chi connectivity index (χ3v) is 4.04. The normalized spacial score (nSPS) is 12.8. The first kappa shape index (κ1) is 11.8. The van der Waals surface area contributed by atoms with E-state index in [1.54, 1.807) is 0 Å². The highest BCUT2D eigenvalue weighted by molar-refractivity contribution is 7.99. The molecule has 0 radical (unpaired) electrons. The first-order valence-corrected chi connectivity index (χ1v) is 6.76. The molecule has 0 saturated carbocycles. The van der Waals surface area contributed by atoms with E-state index in [1.807, 2.05) is 11.8 Å². The fraction of sp³-hybridized carbons (Fsp3) is 0.778. The average molecular weight is 231 g/mol. The van der Waals surface area contributed by atoms with E-state index >= 15 is 0 Å². The van der Waals surface area contributed by atoms with Crippen molar-refractivity contribution in [1.82, 2.24) is 9.59 Å². The van der Waals surface area contributed by atoms with E-state index in [9.17, 15) is 0 Å². The molecule has 0 aliphatic heterocycles. The number of thioether (sulfide) groups is 1. The highest BCUT2D eigenvalue weighted by atomic mass is 32.2. The van der Waals surface area contributed by atoms with Gasteiger partial charge in [0.05, 0.1) is 0 Å². The van der Waals surface area contributed by atoms with Crippen LogP contribution in [0.4, 0.5) is 5.00 Å². The molecule has 0 bridgehead atoms. The predicted octanol–water partition coefficient (Wildman–Crippen LogP) is 3.00. The van der Waals surface area contributed by atoms with Gasteiger partial charge in [0.25, 0.3) is 0 Å². The fourth-order valence-corrected chi connectivity index (χ4v) is 2.56. The zero-order chi connectivity index (χ0) is 10.4. The van der Waals surface area contributed by atoms with Crippen LogP contribution in [-0.2, 0) is 5.75 Å². The molecule has 1 aromatic rings. The Bertz CT molecular complexity index is 262. The molecule has 80 valence electrons. The maximum atomic E-state index is 4.13. The van der Waals surface area contributed by atoms with Crippen LogP contribution in [0.15, 0.2) is 0 Å². The molecule has 0 aliphatic rings. The molecule has 0 spiro atoms. The van der Waals surface area contributed by atoms with Gasteiger partial charge in [-0.15, -0.1) is 5.10 Å². The Morgan fingerprint density at radius 2 is 2.29 bits per heavy atom. The van der Waals surface area contributed by atoms with E-state index in [1.165, 1.54) is 18.0 Å². The monoisotopic (exact) mass is 231 g/mol. The number of nitrogens with one attached hydrogen (secondary N) is 1. The molecular weight excluding hydrogens is 214 g/mol.